The molecule has 140 valence electrons. The number of fused-ring (bicyclic) bond motifs is 1. The van der Waals surface area contributed by atoms with Crippen LogP contribution in [0.1, 0.15) is 43.2 Å². The van der Waals surface area contributed by atoms with E-state index in [1.807, 2.05) is 4.90 Å². The highest BCUT2D eigenvalue weighted by Gasteiger charge is 2.42. The van der Waals surface area contributed by atoms with Gasteiger partial charge in [-0.05, 0) is 68.6 Å². The Labute approximate surface area is 157 Å². The molecule has 4 nitrogen and oxygen atoms in total. The highest BCUT2D eigenvalue weighted by Crippen LogP contribution is 2.37. The van der Waals surface area contributed by atoms with Crippen LogP contribution >= 0.6 is 12.4 Å². The highest BCUT2D eigenvalue weighted by atomic mass is 35.5. The highest BCUT2D eigenvalue weighted by molar-refractivity contribution is 5.85. The van der Waals surface area contributed by atoms with Gasteiger partial charge in [0.05, 0.1) is 6.61 Å². The molecule has 0 aromatic heterocycles. The molecule has 0 radical (unpaired) electrons. The maximum absolute atomic E-state index is 12.4. The van der Waals surface area contributed by atoms with E-state index in [-0.39, 0.29) is 12.4 Å². The predicted octanol–water partition coefficient (Wildman–Crippen LogP) is 3.47. The smallest absolute Gasteiger partial charge is 0.222 e. The van der Waals surface area contributed by atoms with Gasteiger partial charge in [-0.25, -0.2) is 0 Å². The first-order valence-corrected chi connectivity index (χ1v) is 9.28. The molecule has 2 aliphatic rings. The van der Waals surface area contributed by atoms with Crippen LogP contribution in [0.3, 0.4) is 0 Å². The van der Waals surface area contributed by atoms with E-state index in [0.717, 1.165) is 43.7 Å². The summed E-state index contributed by atoms with van der Waals surface area (Å²) in [6.07, 6.45) is 4.76. The third-order valence-electron chi connectivity index (χ3n) is 5.65. The number of halogens is 1. The topological polar surface area (TPSA) is 55.6 Å². The Kier molecular flexibility index (Phi) is 7.14. The first kappa shape index (κ1) is 20.1. The molecular formula is C20H31ClN2O2. The Morgan fingerprint density at radius 1 is 1.24 bits per heavy atom. The molecule has 1 amide bonds. The molecule has 1 saturated carbocycles. The number of nitrogens with two attached hydrogens (primary N) is 1. The lowest BCUT2D eigenvalue weighted by atomic mass is 9.98. The molecule has 5 heteroatoms. The van der Waals surface area contributed by atoms with Crippen molar-refractivity contribution >= 4 is 18.3 Å². The van der Waals surface area contributed by atoms with Crippen molar-refractivity contribution in [3.8, 4) is 5.75 Å². The maximum Gasteiger partial charge on any atom is 0.222 e. The zero-order valence-electron chi connectivity index (χ0n) is 15.4. The van der Waals surface area contributed by atoms with Gasteiger partial charge in [-0.3, -0.25) is 4.79 Å². The number of carbonyl (C=O) groups excluding carboxylic acids is 1. The monoisotopic (exact) mass is 366 g/mol. The summed E-state index contributed by atoms with van der Waals surface area (Å²) in [5.74, 6) is 2.45. The molecule has 2 N–H and O–H groups in total. The summed E-state index contributed by atoms with van der Waals surface area (Å²) < 4.78 is 5.86. The van der Waals surface area contributed by atoms with Crippen LogP contribution in [0.4, 0.5) is 0 Å². The maximum atomic E-state index is 12.4. The molecule has 3 atom stereocenters. The van der Waals surface area contributed by atoms with E-state index in [2.05, 4.69) is 32.0 Å². The zero-order chi connectivity index (χ0) is 17.1. The molecule has 1 aliphatic carbocycles. The van der Waals surface area contributed by atoms with Crippen LogP contribution in [0.15, 0.2) is 18.2 Å². The van der Waals surface area contributed by atoms with Gasteiger partial charge in [-0.15, -0.1) is 12.4 Å². The van der Waals surface area contributed by atoms with Gasteiger partial charge in [0.25, 0.3) is 0 Å². The van der Waals surface area contributed by atoms with Crippen molar-refractivity contribution in [3.05, 3.63) is 29.3 Å². The molecule has 3 rings (SSSR count). The van der Waals surface area contributed by atoms with Crippen LogP contribution in [-0.4, -0.2) is 36.5 Å². The standard InChI is InChI=1S/C20H30N2O2.ClH/c1-14-6-7-15(2)19(11-14)24-10-4-3-5-20(23)22-12-16-8-9-18(21)17(16)13-22;/h6-7,11,16-18H,3-5,8-10,12-13,21H2,1-2H3;1H. The number of unbranched alkanes of at least 4 members (excludes halogenated alkanes) is 1. The van der Waals surface area contributed by atoms with Crippen LogP contribution in [0.5, 0.6) is 5.75 Å². The summed E-state index contributed by atoms with van der Waals surface area (Å²) in [7, 11) is 0. The lowest BCUT2D eigenvalue weighted by Gasteiger charge is -2.18. The van der Waals surface area contributed by atoms with Gasteiger partial charge in [0, 0.05) is 25.6 Å². The van der Waals surface area contributed by atoms with Gasteiger partial charge in [0.2, 0.25) is 5.91 Å². The lowest BCUT2D eigenvalue weighted by Crippen LogP contribution is -2.33. The number of aryl methyl sites for hydroxylation is 2. The first-order valence-electron chi connectivity index (χ1n) is 9.28. The Morgan fingerprint density at radius 3 is 2.80 bits per heavy atom. The van der Waals surface area contributed by atoms with E-state index in [9.17, 15) is 4.79 Å². The molecule has 1 saturated heterocycles. The molecule has 25 heavy (non-hydrogen) atoms. The summed E-state index contributed by atoms with van der Waals surface area (Å²) in [5, 5.41) is 0. The number of nitrogens with zero attached hydrogens (tertiary/aromatic N) is 1. The van der Waals surface area contributed by atoms with Crippen molar-refractivity contribution in [1.29, 1.82) is 0 Å². The number of hydrogen-bond acceptors (Lipinski definition) is 3. The van der Waals surface area contributed by atoms with Crippen molar-refractivity contribution in [3.63, 3.8) is 0 Å². The van der Waals surface area contributed by atoms with Crippen LogP contribution in [0.25, 0.3) is 0 Å². The largest absolute Gasteiger partial charge is 0.493 e. The third-order valence-corrected chi connectivity index (χ3v) is 5.65. The predicted molar refractivity (Wildman–Crippen MR) is 103 cm³/mol. The second kappa shape index (κ2) is 8.91. The van der Waals surface area contributed by atoms with Gasteiger partial charge in [-0.2, -0.15) is 0 Å². The minimum atomic E-state index is 0. The van der Waals surface area contributed by atoms with Crippen molar-refractivity contribution in [1.82, 2.24) is 4.90 Å². The van der Waals surface area contributed by atoms with Crippen molar-refractivity contribution in [2.24, 2.45) is 17.6 Å². The van der Waals surface area contributed by atoms with E-state index >= 15 is 0 Å². The first-order chi connectivity index (χ1) is 11.5. The van der Waals surface area contributed by atoms with Crippen LogP contribution in [0, 0.1) is 25.7 Å². The third kappa shape index (κ3) is 4.89. The van der Waals surface area contributed by atoms with Crippen molar-refractivity contribution in [2.75, 3.05) is 19.7 Å². The summed E-state index contributed by atoms with van der Waals surface area (Å²) in [6, 6.07) is 6.56. The molecule has 1 heterocycles. The van der Waals surface area contributed by atoms with E-state index in [4.69, 9.17) is 10.5 Å². The number of likely N-dealkylation sites (tertiary alicyclic amines) is 1. The number of carbonyl (C=O) groups is 1. The van der Waals surface area contributed by atoms with E-state index in [1.54, 1.807) is 0 Å². The zero-order valence-corrected chi connectivity index (χ0v) is 16.2. The normalized spacial score (nSPS) is 24.8. The molecule has 1 aromatic carbocycles. The number of hydrogen-bond donors (Lipinski definition) is 1. The van der Waals surface area contributed by atoms with E-state index in [0.29, 0.717) is 36.8 Å². The Balaban J connectivity index is 0.00000225. The summed E-state index contributed by atoms with van der Waals surface area (Å²) in [5.41, 5.74) is 8.52. The van der Waals surface area contributed by atoms with Gasteiger partial charge in [-0.1, -0.05) is 12.1 Å². The molecule has 0 bridgehead atoms. The molecular weight excluding hydrogens is 336 g/mol. The average Bonchev–Trinajstić information content (AvgIpc) is 3.12. The number of benzene rings is 1. The fraction of sp³-hybridized carbons (Fsp3) is 0.650. The van der Waals surface area contributed by atoms with Gasteiger partial charge >= 0.3 is 0 Å². The van der Waals surface area contributed by atoms with Crippen LogP contribution in [0.2, 0.25) is 0 Å². The minimum absolute atomic E-state index is 0. The van der Waals surface area contributed by atoms with Gasteiger partial charge in [0.1, 0.15) is 5.75 Å². The van der Waals surface area contributed by atoms with Crippen LogP contribution in [-0.2, 0) is 4.79 Å². The van der Waals surface area contributed by atoms with E-state index < -0.39 is 0 Å². The summed E-state index contributed by atoms with van der Waals surface area (Å²) in [6.45, 7) is 6.61. The Hall–Kier alpha value is -1.26. The summed E-state index contributed by atoms with van der Waals surface area (Å²) in [4.78, 5) is 14.4. The van der Waals surface area contributed by atoms with Gasteiger partial charge in [0.15, 0.2) is 0 Å². The minimum Gasteiger partial charge on any atom is -0.493 e. The SMILES string of the molecule is Cc1ccc(C)c(OCCCCC(=O)N2CC3CCC(N)C3C2)c1.Cl. The number of rotatable bonds is 6. The van der Waals surface area contributed by atoms with Crippen molar-refractivity contribution < 1.29 is 9.53 Å². The molecule has 0 spiro atoms. The van der Waals surface area contributed by atoms with Gasteiger partial charge < -0.3 is 15.4 Å². The fourth-order valence-corrected chi connectivity index (χ4v) is 4.09. The molecule has 3 unspecified atom stereocenters. The van der Waals surface area contributed by atoms with Crippen molar-refractivity contribution in [2.45, 2.75) is 52.0 Å². The second-order valence-electron chi connectivity index (χ2n) is 7.54. The second-order valence-corrected chi connectivity index (χ2v) is 7.54. The molecule has 1 aliphatic heterocycles. The summed E-state index contributed by atoms with van der Waals surface area (Å²) >= 11 is 0. The Morgan fingerprint density at radius 2 is 2.04 bits per heavy atom. The molecule has 1 aromatic rings. The quantitative estimate of drug-likeness (QED) is 0.784. The number of amides is 1. The Bertz CT molecular complexity index is 593. The fourth-order valence-electron chi connectivity index (χ4n) is 4.09. The van der Waals surface area contributed by atoms with Crippen LogP contribution < -0.4 is 10.5 Å². The van der Waals surface area contributed by atoms with E-state index in [1.165, 1.54) is 12.0 Å². The molecule has 2 fully saturated rings. The average molecular weight is 367 g/mol. The lowest BCUT2D eigenvalue weighted by molar-refractivity contribution is -0.130. The number of ether oxygens (including phenoxy) is 1.